The normalized spacial score (nSPS) is 25.1. The molecule has 0 saturated carbocycles. The average molecular weight is 157 g/mol. The summed E-state index contributed by atoms with van der Waals surface area (Å²) in [6.45, 7) is 4.79. The molecule has 4 nitrogen and oxygen atoms in total. The third-order valence-corrected chi connectivity index (χ3v) is 1.64. The Hall–Kier alpha value is -0.900. The Morgan fingerprint density at radius 1 is 1.82 bits per heavy atom. The van der Waals surface area contributed by atoms with Crippen molar-refractivity contribution in [3.8, 4) is 0 Å². The number of hydrogen-bond donors (Lipinski definition) is 0. The topological polar surface area (TPSA) is 52.4 Å². The zero-order valence-electron chi connectivity index (χ0n) is 6.28. The van der Waals surface area contributed by atoms with E-state index in [0.717, 1.165) is 12.0 Å². The van der Waals surface area contributed by atoms with Crippen molar-refractivity contribution in [1.29, 1.82) is 0 Å². The van der Waals surface area contributed by atoms with Gasteiger partial charge in [-0.25, -0.2) is 0 Å². The molecule has 1 saturated heterocycles. The summed E-state index contributed by atoms with van der Waals surface area (Å²) in [7, 11) is 0. The van der Waals surface area contributed by atoms with Gasteiger partial charge in [0, 0.05) is 4.92 Å². The fraction of sp³-hybridized carbons (Fsp3) is 0.714. The second kappa shape index (κ2) is 3.48. The van der Waals surface area contributed by atoms with Crippen LogP contribution in [0, 0.1) is 16.0 Å². The molecule has 0 aromatic rings. The maximum absolute atomic E-state index is 10.1. The van der Waals surface area contributed by atoms with E-state index in [1.807, 2.05) is 0 Å². The first kappa shape index (κ1) is 8.20. The van der Waals surface area contributed by atoms with Gasteiger partial charge in [0.2, 0.25) is 6.54 Å². The van der Waals surface area contributed by atoms with Crippen molar-refractivity contribution in [2.45, 2.75) is 6.42 Å². The highest BCUT2D eigenvalue weighted by molar-refractivity contribution is 4.98. The third-order valence-electron chi connectivity index (χ3n) is 1.64. The molecule has 1 unspecified atom stereocenters. The summed E-state index contributed by atoms with van der Waals surface area (Å²) in [5.41, 5.74) is 0.961. The molecule has 1 rings (SSSR count). The van der Waals surface area contributed by atoms with Gasteiger partial charge in [0.1, 0.15) is 0 Å². The van der Waals surface area contributed by atoms with Crippen molar-refractivity contribution < 1.29 is 9.66 Å². The summed E-state index contributed by atoms with van der Waals surface area (Å²) in [5.74, 6) is 0.0336. The van der Waals surface area contributed by atoms with Crippen molar-refractivity contribution in [3.63, 3.8) is 0 Å². The smallest absolute Gasteiger partial charge is 0.209 e. The van der Waals surface area contributed by atoms with Crippen LogP contribution in [0.25, 0.3) is 0 Å². The van der Waals surface area contributed by atoms with E-state index in [0.29, 0.717) is 13.2 Å². The Morgan fingerprint density at radius 3 is 3.09 bits per heavy atom. The predicted molar refractivity (Wildman–Crippen MR) is 39.9 cm³/mol. The van der Waals surface area contributed by atoms with Crippen LogP contribution in [-0.2, 0) is 4.74 Å². The Kier molecular flexibility index (Phi) is 2.59. The summed E-state index contributed by atoms with van der Waals surface area (Å²) >= 11 is 0. The molecule has 0 amide bonds. The van der Waals surface area contributed by atoms with Crippen LogP contribution in [0.3, 0.4) is 0 Å². The van der Waals surface area contributed by atoms with E-state index in [1.165, 1.54) is 0 Å². The Balaban J connectivity index is 2.34. The monoisotopic (exact) mass is 157 g/mol. The lowest BCUT2D eigenvalue weighted by Gasteiger charge is -2.20. The van der Waals surface area contributed by atoms with Gasteiger partial charge in [-0.2, -0.15) is 0 Å². The molecule has 1 fully saturated rings. The second-order valence-electron chi connectivity index (χ2n) is 2.85. The molecule has 0 spiro atoms. The highest BCUT2D eigenvalue weighted by Crippen LogP contribution is 2.16. The Morgan fingerprint density at radius 2 is 2.55 bits per heavy atom. The minimum Gasteiger partial charge on any atom is -0.377 e. The highest BCUT2D eigenvalue weighted by atomic mass is 16.6. The molecule has 1 atom stereocenters. The van der Waals surface area contributed by atoms with Crippen LogP contribution >= 0.6 is 0 Å². The minimum absolute atomic E-state index is 0.000972. The number of hydrogen-bond acceptors (Lipinski definition) is 3. The number of nitrogens with zero attached hydrogens (tertiary/aromatic N) is 1. The molecule has 4 heteroatoms. The van der Waals surface area contributed by atoms with Gasteiger partial charge in [-0.3, -0.25) is 10.1 Å². The standard InChI is InChI=1S/C7H11NO3/c1-6-2-7(3-8(9)10)5-11-4-6/h7H,1-5H2. The highest BCUT2D eigenvalue weighted by Gasteiger charge is 2.20. The van der Waals surface area contributed by atoms with E-state index >= 15 is 0 Å². The summed E-state index contributed by atoms with van der Waals surface area (Å²) in [6, 6.07) is 0. The molecule has 0 aromatic carbocycles. The van der Waals surface area contributed by atoms with E-state index in [4.69, 9.17) is 4.74 Å². The predicted octanol–water partition coefficient (Wildman–Crippen LogP) is 0.856. The van der Waals surface area contributed by atoms with E-state index < -0.39 is 0 Å². The molecular weight excluding hydrogens is 146 g/mol. The largest absolute Gasteiger partial charge is 0.377 e. The van der Waals surface area contributed by atoms with E-state index in [-0.39, 0.29) is 17.4 Å². The van der Waals surface area contributed by atoms with Gasteiger partial charge in [-0.05, 0) is 6.42 Å². The first-order valence-electron chi connectivity index (χ1n) is 3.54. The van der Waals surface area contributed by atoms with Gasteiger partial charge < -0.3 is 4.74 Å². The molecule has 0 aliphatic carbocycles. The van der Waals surface area contributed by atoms with Crippen LogP contribution in [0.5, 0.6) is 0 Å². The lowest BCUT2D eigenvalue weighted by Crippen LogP contribution is -2.25. The lowest BCUT2D eigenvalue weighted by atomic mass is 9.99. The van der Waals surface area contributed by atoms with Crippen LogP contribution in [0.1, 0.15) is 6.42 Å². The van der Waals surface area contributed by atoms with Gasteiger partial charge in [-0.15, -0.1) is 0 Å². The second-order valence-corrected chi connectivity index (χ2v) is 2.85. The molecule has 62 valence electrons. The van der Waals surface area contributed by atoms with Gasteiger partial charge in [0.05, 0.1) is 19.1 Å². The third kappa shape index (κ3) is 2.67. The molecule has 11 heavy (non-hydrogen) atoms. The first-order chi connectivity index (χ1) is 5.18. The molecule has 0 aromatic heterocycles. The molecule has 0 N–H and O–H groups in total. The van der Waals surface area contributed by atoms with Crippen LogP contribution in [0.15, 0.2) is 12.2 Å². The zero-order valence-corrected chi connectivity index (χ0v) is 6.28. The van der Waals surface area contributed by atoms with E-state index in [2.05, 4.69) is 6.58 Å². The van der Waals surface area contributed by atoms with E-state index in [9.17, 15) is 10.1 Å². The van der Waals surface area contributed by atoms with Crippen molar-refractivity contribution in [1.82, 2.24) is 0 Å². The maximum atomic E-state index is 10.1. The summed E-state index contributed by atoms with van der Waals surface area (Å²) in [6.07, 6.45) is 0.737. The number of ether oxygens (including phenoxy) is 1. The Labute approximate surface area is 65.0 Å². The molecular formula is C7H11NO3. The molecule has 1 heterocycles. The van der Waals surface area contributed by atoms with Crippen molar-refractivity contribution in [2.24, 2.45) is 5.92 Å². The van der Waals surface area contributed by atoms with Crippen molar-refractivity contribution >= 4 is 0 Å². The maximum Gasteiger partial charge on any atom is 0.209 e. The fourth-order valence-electron chi connectivity index (χ4n) is 1.22. The summed E-state index contributed by atoms with van der Waals surface area (Å²) in [4.78, 5) is 9.80. The average Bonchev–Trinajstić information content (AvgIpc) is 1.85. The quantitative estimate of drug-likeness (QED) is 0.339. The molecule has 1 aliphatic heterocycles. The molecule has 0 bridgehead atoms. The number of nitro groups is 1. The van der Waals surface area contributed by atoms with Gasteiger partial charge in [0.15, 0.2) is 0 Å². The van der Waals surface area contributed by atoms with Crippen LogP contribution < -0.4 is 0 Å². The van der Waals surface area contributed by atoms with E-state index in [1.54, 1.807) is 0 Å². The van der Waals surface area contributed by atoms with Crippen LogP contribution in [0.2, 0.25) is 0 Å². The van der Waals surface area contributed by atoms with Crippen molar-refractivity contribution in [2.75, 3.05) is 19.8 Å². The van der Waals surface area contributed by atoms with Crippen molar-refractivity contribution in [3.05, 3.63) is 22.3 Å². The SMILES string of the molecule is C=C1COCC(C[N+](=O)[O-])C1. The molecule has 1 aliphatic rings. The summed E-state index contributed by atoms with van der Waals surface area (Å²) in [5, 5.41) is 10.1. The van der Waals surface area contributed by atoms with Crippen LogP contribution in [0.4, 0.5) is 0 Å². The van der Waals surface area contributed by atoms with Gasteiger partial charge in [-0.1, -0.05) is 12.2 Å². The minimum atomic E-state index is -0.299. The molecule has 0 radical (unpaired) electrons. The zero-order chi connectivity index (χ0) is 8.27. The fourth-order valence-corrected chi connectivity index (χ4v) is 1.22. The Bertz CT molecular complexity index is 177. The van der Waals surface area contributed by atoms with Gasteiger partial charge in [0.25, 0.3) is 0 Å². The number of rotatable bonds is 2. The van der Waals surface area contributed by atoms with Crippen LogP contribution in [-0.4, -0.2) is 24.7 Å². The summed E-state index contributed by atoms with van der Waals surface area (Å²) < 4.78 is 5.09. The van der Waals surface area contributed by atoms with Gasteiger partial charge >= 0.3 is 0 Å². The first-order valence-corrected chi connectivity index (χ1v) is 3.54. The lowest BCUT2D eigenvalue weighted by molar-refractivity contribution is -0.489.